The number of aromatic nitrogens is 4. The first-order valence-electron chi connectivity index (χ1n) is 26.7. The predicted octanol–water partition coefficient (Wildman–Crippen LogP) is 17.9. The van der Waals surface area contributed by atoms with E-state index in [1.54, 1.807) is 0 Å². The van der Waals surface area contributed by atoms with Crippen molar-refractivity contribution in [1.29, 1.82) is 0 Å². The van der Waals surface area contributed by atoms with Crippen LogP contribution in [0.25, 0.3) is 94.5 Å². The molecule has 379 valence electrons. The van der Waals surface area contributed by atoms with E-state index in [0.717, 1.165) is 84.3 Å². The summed E-state index contributed by atoms with van der Waals surface area (Å²) in [6.45, 7) is 18.6. The van der Waals surface area contributed by atoms with Gasteiger partial charge in [-0.15, -0.1) is 53.6 Å². The molecule has 4 heterocycles. The van der Waals surface area contributed by atoms with E-state index in [1.165, 1.54) is 64.9 Å². The van der Waals surface area contributed by atoms with Crippen molar-refractivity contribution < 1.29 is 24.5 Å². The summed E-state index contributed by atoms with van der Waals surface area (Å²) in [5.74, 6) is 1.95. The van der Waals surface area contributed by atoms with Gasteiger partial charge in [0.15, 0.2) is 0 Å². The van der Waals surface area contributed by atoms with Crippen LogP contribution in [-0.2, 0) is 31.9 Å². The van der Waals surface area contributed by atoms with Crippen molar-refractivity contribution in [3.8, 4) is 50.6 Å². The molecular formula is C68H66IrN4OSi-2. The number of fused-ring (bicyclic) bond motifs is 6. The van der Waals surface area contributed by atoms with Gasteiger partial charge in [0.2, 0.25) is 5.71 Å². The van der Waals surface area contributed by atoms with Crippen LogP contribution in [0.3, 0.4) is 0 Å². The van der Waals surface area contributed by atoms with E-state index < -0.39 is 8.07 Å². The molecule has 1 radical (unpaired) electrons. The van der Waals surface area contributed by atoms with E-state index in [4.69, 9.17) is 19.4 Å². The third kappa shape index (κ3) is 10.6. The zero-order valence-corrected chi connectivity index (χ0v) is 48.0. The third-order valence-corrected chi connectivity index (χ3v) is 17.0. The number of hydrogen-bond acceptors (Lipinski definition) is 4. The van der Waals surface area contributed by atoms with E-state index in [-0.39, 0.29) is 25.5 Å². The molecular weight excluding hydrogens is 1110 g/mol. The molecule has 1 saturated carbocycles. The van der Waals surface area contributed by atoms with Crippen LogP contribution in [0.15, 0.2) is 174 Å². The minimum atomic E-state index is -1.40. The summed E-state index contributed by atoms with van der Waals surface area (Å²) < 4.78 is 9.07. The summed E-state index contributed by atoms with van der Waals surface area (Å²) >= 11 is 0. The third-order valence-electron chi connectivity index (χ3n) is 14.9. The molecule has 0 aliphatic heterocycles. The van der Waals surface area contributed by atoms with E-state index in [9.17, 15) is 0 Å². The van der Waals surface area contributed by atoms with E-state index in [2.05, 4.69) is 223 Å². The largest absolute Gasteiger partial charge is 0.486 e. The van der Waals surface area contributed by atoms with Gasteiger partial charge in [-0.05, 0) is 93.9 Å². The summed E-state index contributed by atoms with van der Waals surface area (Å²) in [7, 11) is -1.40. The van der Waals surface area contributed by atoms with Crippen molar-refractivity contribution in [1.82, 2.24) is 19.5 Å². The molecule has 0 spiro atoms. The van der Waals surface area contributed by atoms with Gasteiger partial charge in [0.1, 0.15) is 0 Å². The zero-order valence-electron chi connectivity index (χ0n) is 44.6. The Balaban J connectivity index is 0.000000202. The molecule has 0 amide bonds. The van der Waals surface area contributed by atoms with Crippen LogP contribution < -0.4 is 5.19 Å². The Morgan fingerprint density at radius 2 is 1.40 bits per heavy atom. The molecule has 1 fully saturated rings. The summed E-state index contributed by atoms with van der Waals surface area (Å²) in [5.41, 5.74) is 16.1. The topological polar surface area (TPSA) is 56.7 Å². The van der Waals surface area contributed by atoms with Gasteiger partial charge < -0.3 is 14.0 Å². The fraction of sp³-hybridized carbons (Fsp3) is 0.250. The standard InChI is InChI=1S/C44H38N3O.C24H28NSi.Ir/c1-44(2,3)31-22-26-39(36(27-31)28-13-6-4-7-14-28)47-40-32-18-11-10-15-29(32)21-24-38(40)45-42(47)35-20-12-19-33-34-23-25-37(30-16-8-5-9-17-30)46-43(34)48-41(33)35;1-18(2)14-22-16-23(25-17-24(22)26(3,4)5)21-13-9-12-20(15-21)19-10-7-6-8-11-19;/h4,6-7,10-15,18-19,21-27,30H,5,8-9,16-17H2,1-3H3;6-12,15-18H,14H2,1-5H3;/q2*-1;. The number of pyridine rings is 2. The number of furan rings is 1. The SMILES string of the molecule is CC(C)(C)c1ccc(-n2c(-c3[c-]ccc4c3oc3nc(C5CCCCC5)ccc34)nc3ccc4ccccc4c32)c(-c2ccccc2)c1.CC(C)Cc1cc(-c2[c-]ccc(-c3ccccc3)c2)ncc1[Si](C)(C)C.[Ir]. The summed E-state index contributed by atoms with van der Waals surface area (Å²) in [4.78, 5) is 15.3. The summed E-state index contributed by atoms with van der Waals surface area (Å²) in [6, 6.07) is 65.1. The normalized spacial score (nSPS) is 13.3. The van der Waals surface area contributed by atoms with Crippen molar-refractivity contribution in [2.45, 2.75) is 104 Å². The minimum absolute atomic E-state index is 0. The van der Waals surface area contributed by atoms with E-state index in [0.29, 0.717) is 17.5 Å². The summed E-state index contributed by atoms with van der Waals surface area (Å²) in [5, 5.41) is 5.89. The minimum Gasteiger partial charge on any atom is -0.486 e. The smallest absolute Gasteiger partial charge is 0.216 e. The van der Waals surface area contributed by atoms with E-state index >= 15 is 0 Å². The van der Waals surface area contributed by atoms with Gasteiger partial charge in [-0.2, -0.15) is 0 Å². The van der Waals surface area contributed by atoms with Crippen LogP contribution in [0, 0.1) is 18.1 Å². The molecule has 0 bridgehead atoms. The number of rotatable bonds is 9. The fourth-order valence-electron chi connectivity index (χ4n) is 11.1. The molecule has 4 aromatic heterocycles. The molecule has 0 atom stereocenters. The molecule has 75 heavy (non-hydrogen) atoms. The second kappa shape index (κ2) is 21.5. The van der Waals surface area contributed by atoms with Crippen molar-refractivity contribution in [2.75, 3.05) is 0 Å². The van der Waals surface area contributed by atoms with Gasteiger partial charge in [-0.25, -0.2) is 4.98 Å². The molecule has 11 aromatic rings. The van der Waals surface area contributed by atoms with Gasteiger partial charge >= 0.3 is 0 Å². The number of nitrogens with zero attached hydrogens (tertiary/aromatic N) is 4. The van der Waals surface area contributed by atoms with Crippen molar-refractivity contribution in [2.24, 2.45) is 5.92 Å². The molecule has 0 unspecified atom stereocenters. The van der Waals surface area contributed by atoms with Crippen LogP contribution >= 0.6 is 0 Å². The van der Waals surface area contributed by atoms with Crippen molar-refractivity contribution >= 4 is 57.1 Å². The zero-order chi connectivity index (χ0) is 51.1. The maximum atomic E-state index is 6.73. The first kappa shape index (κ1) is 51.7. The number of benzene rings is 7. The van der Waals surface area contributed by atoms with Crippen molar-refractivity contribution in [3.63, 3.8) is 0 Å². The Hall–Kier alpha value is -6.76. The Morgan fingerprint density at radius 3 is 2.13 bits per heavy atom. The number of imidazole rings is 1. The molecule has 1 aliphatic carbocycles. The van der Waals surface area contributed by atoms with E-state index in [1.807, 2.05) is 18.2 Å². The average molecular weight is 1180 g/mol. The first-order valence-corrected chi connectivity index (χ1v) is 30.2. The van der Waals surface area contributed by atoms with Gasteiger partial charge in [0.25, 0.3) is 0 Å². The monoisotopic (exact) mass is 1180 g/mol. The Bertz CT molecular complexity index is 3800. The molecule has 5 nitrogen and oxygen atoms in total. The number of hydrogen-bond donors (Lipinski definition) is 0. The first-order chi connectivity index (χ1) is 35.8. The maximum absolute atomic E-state index is 6.73. The fourth-order valence-corrected chi connectivity index (χ4v) is 12.7. The maximum Gasteiger partial charge on any atom is 0.216 e. The molecule has 7 aromatic carbocycles. The molecule has 0 N–H and O–H groups in total. The van der Waals surface area contributed by atoms with Gasteiger partial charge in [0.05, 0.1) is 30.5 Å². The van der Waals surface area contributed by atoms with Crippen LogP contribution in [0.1, 0.15) is 89.5 Å². The average Bonchev–Trinajstić information content (AvgIpc) is 4.00. The second-order valence-electron chi connectivity index (χ2n) is 22.8. The second-order valence-corrected chi connectivity index (χ2v) is 27.9. The van der Waals surface area contributed by atoms with Crippen molar-refractivity contribution in [3.05, 3.63) is 199 Å². The van der Waals surface area contributed by atoms with Crippen LogP contribution in [-0.4, -0.2) is 27.6 Å². The predicted molar refractivity (Wildman–Crippen MR) is 313 cm³/mol. The van der Waals surface area contributed by atoms with Gasteiger partial charge in [-0.3, -0.25) is 4.98 Å². The van der Waals surface area contributed by atoms with Gasteiger partial charge in [-0.1, -0.05) is 193 Å². The quantitative estimate of drug-likeness (QED) is 0.107. The summed E-state index contributed by atoms with van der Waals surface area (Å²) in [6.07, 6.45) is 9.51. The van der Waals surface area contributed by atoms with Crippen LogP contribution in [0.2, 0.25) is 19.6 Å². The van der Waals surface area contributed by atoms with Crippen LogP contribution in [0.4, 0.5) is 0 Å². The molecule has 1 aliphatic rings. The Kier molecular flexibility index (Phi) is 14.8. The molecule has 12 rings (SSSR count). The Labute approximate surface area is 457 Å². The van der Waals surface area contributed by atoms with Gasteiger partial charge in [0, 0.05) is 59.9 Å². The Morgan fingerprint density at radius 1 is 0.680 bits per heavy atom. The molecule has 0 saturated heterocycles. The van der Waals surface area contributed by atoms with Crippen LogP contribution in [0.5, 0.6) is 0 Å². The molecule has 7 heteroatoms.